The number of piperazine rings is 1. The van der Waals surface area contributed by atoms with Gasteiger partial charge in [0, 0.05) is 44.8 Å². The van der Waals surface area contributed by atoms with Crippen molar-refractivity contribution in [2.45, 2.75) is 52.1 Å². The van der Waals surface area contributed by atoms with Crippen LogP contribution >= 0.6 is 0 Å². The summed E-state index contributed by atoms with van der Waals surface area (Å²) in [4.78, 5) is 5.22. The van der Waals surface area contributed by atoms with E-state index < -0.39 is 0 Å². The Kier molecular flexibility index (Phi) is 5.05. The quantitative estimate of drug-likeness (QED) is 0.832. The van der Waals surface area contributed by atoms with E-state index in [0.717, 1.165) is 11.8 Å². The van der Waals surface area contributed by atoms with Gasteiger partial charge < -0.3 is 10.6 Å². The molecule has 1 aliphatic carbocycles. The van der Waals surface area contributed by atoms with Crippen LogP contribution < -0.4 is 5.73 Å². The van der Waals surface area contributed by atoms with Gasteiger partial charge in [0.1, 0.15) is 0 Å². The number of nitrogens with zero attached hydrogens (tertiary/aromatic N) is 2. The van der Waals surface area contributed by atoms with Gasteiger partial charge >= 0.3 is 0 Å². The van der Waals surface area contributed by atoms with Crippen LogP contribution in [-0.2, 0) is 0 Å². The molecule has 3 unspecified atom stereocenters. The van der Waals surface area contributed by atoms with Gasteiger partial charge in [-0.25, -0.2) is 0 Å². The van der Waals surface area contributed by atoms with Crippen molar-refractivity contribution in [3.63, 3.8) is 0 Å². The normalized spacial score (nSPS) is 36.2. The fraction of sp³-hybridized carbons (Fsp3) is 1.00. The molecule has 2 rings (SSSR count). The molecule has 3 nitrogen and oxygen atoms in total. The molecule has 106 valence electrons. The summed E-state index contributed by atoms with van der Waals surface area (Å²) in [6.07, 6.45) is 3.90. The fourth-order valence-electron chi connectivity index (χ4n) is 3.53. The Morgan fingerprint density at radius 3 is 2.39 bits per heavy atom. The molecule has 0 bridgehead atoms. The van der Waals surface area contributed by atoms with Gasteiger partial charge in [0.15, 0.2) is 0 Å². The van der Waals surface area contributed by atoms with Crippen molar-refractivity contribution in [1.82, 2.24) is 9.80 Å². The van der Waals surface area contributed by atoms with Crippen molar-refractivity contribution in [2.75, 3.05) is 32.7 Å². The maximum atomic E-state index is 6.30. The maximum Gasteiger partial charge on any atom is 0.0113 e. The van der Waals surface area contributed by atoms with Gasteiger partial charge in [0.05, 0.1) is 0 Å². The zero-order valence-electron chi connectivity index (χ0n) is 12.4. The van der Waals surface area contributed by atoms with Crippen molar-refractivity contribution >= 4 is 0 Å². The summed E-state index contributed by atoms with van der Waals surface area (Å²) in [6.45, 7) is 13.1. The molecule has 1 saturated heterocycles. The first-order chi connectivity index (χ1) is 8.56. The van der Waals surface area contributed by atoms with Crippen molar-refractivity contribution in [2.24, 2.45) is 17.6 Å². The molecule has 0 spiro atoms. The highest BCUT2D eigenvalue weighted by molar-refractivity contribution is 4.85. The Balaban J connectivity index is 1.77. The van der Waals surface area contributed by atoms with E-state index in [2.05, 4.69) is 30.6 Å². The fourth-order valence-corrected chi connectivity index (χ4v) is 3.53. The molecule has 1 heterocycles. The predicted molar refractivity (Wildman–Crippen MR) is 77.6 cm³/mol. The van der Waals surface area contributed by atoms with E-state index in [9.17, 15) is 0 Å². The van der Waals surface area contributed by atoms with Gasteiger partial charge in [-0.1, -0.05) is 6.92 Å². The van der Waals surface area contributed by atoms with Crippen LogP contribution in [0.5, 0.6) is 0 Å². The van der Waals surface area contributed by atoms with Gasteiger partial charge in [0.2, 0.25) is 0 Å². The van der Waals surface area contributed by atoms with Crippen LogP contribution in [0.15, 0.2) is 0 Å². The summed E-state index contributed by atoms with van der Waals surface area (Å²) in [5.74, 6) is 1.62. The Labute approximate surface area is 113 Å². The summed E-state index contributed by atoms with van der Waals surface area (Å²) in [5.41, 5.74) is 6.30. The van der Waals surface area contributed by atoms with E-state index in [4.69, 9.17) is 5.73 Å². The molecule has 1 aliphatic heterocycles. The van der Waals surface area contributed by atoms with E-state index in [0.29, 0.717) is 12.1 Å². The van der Waals surface area contributed by atoms with E-state index in [1.54, 1.807) is 0 Å². The van der Waals surface area contributed by atoms with Crippen LogP contribution in [0.1, 0.15) is 40.0 Å². The standard InChI is InChI=1S/C15H31N3/c1-12(2)18-8-6-17(7-9-18)11-14-10-13(3)4-5-15(14)16/h12-15H,4-11,16H2,1-3H3. The molecule has 2 fully saturated rings. The first-order valence-corrected chi connectivity index (χ1v) is 7.78. The summed E-state index contributed by atoms with van der Waals surface area (Å²) < 4.78 is 0. The molecule has 1 saturated carbocycles. The predicted octanol–water partition coefficient (Wildman–Crippen LogP) is 1.78. The first kappa shape index (κ1) is 14.3. The monoisotopic (exact) mass is 253 g/mol. The van der Waals surface area contributed by atoms with Gasteiger partial charge in [0.25, 0.3) is 0 Å². The zero-order valence-corrected chi connectivity index (χ0v) is 12.4. The Bertz CT molecular complexity index is 246. The Hall–Kier alpha value is -0.120. The second-order valence-corrected chi connectivity index (χ2v) is 6.77. The highest BCUT2D eigenvalue weighted by atomic mass is 15.3. The molecule has 0 aromatic carbocycles. The van der Waals surface area contributed by atoms with Crippen LogP contribution in [0, 0.1) is 11.8 Å². The SMILES string of the molecule is CC1CCC(N)C(CN2CCN(C(C)C)CC2)C1. The van der Waals surface area contributed by atoms with Gasteiger partial charge in [-0.05, 0) is 44.9 Å². The first-order valence-electron chi connectivity index (χ1n) is 7.78. The molecule has 2 aliphatic rings. The largest absolute Gasteiger partial charge is 0.327 e. The molecule has 0 radical (unpaired) electrons. The highest BCUT2D eigenvalue weighted by Gasteiger charge is 2.28. The van der Waals surface area contributed by atoms with Crippen molar-refractivity contribution in [1.29, 1.82) is 0 Å². The zero-order chi connectivity index (χ0) is 13.1. The van der Waals surface area contributed by atoms with E-state index >= 15 is 0 Å². The maximum absolute atomic E-state index is 6.30. The smallest absolute Gasteiger partial charge is 0.0113 e. The molecule has 3 atom stereocenters. The van der Waals surface area contributed by atoms with Crippen molar-refractivity contribution in [3.8, 4) is 0 Å². The molecular formula is C15H31N3. The molecule has 0 amide bonds. The van der Waals surface area contributed by atoms with Gasteiger partial charge in [-0.3, -0.25) is 4.90 Å². The minimum absolute atomic E-state index is 0.448. The van der Waals surface area contributed by atoms with Crippen LogP contribution in [0.2, 0.25) is 0 Å². The second kappa shape index (κ2) is 6.36. The third kappa shape index (κ3) is 3.69. The number of hydrogen-bond acceptors (Lipinski definition) is 3. The molecule has 3 heteroatoms. The molecular weight excluding hydrogens is 222 g/mol. The lowest BCUT2D eigenvalue weighted by molar-refractivity contribution is 0.0818. The van der Waals surface area contributed by atoms with E-state index in [1.165, 1.54) is 52.0 Å². The Morgan fingerprint density at radius 1 is 1.11 bits per heavy atom. The average Bonchev–Trinajstić information content (AvgIpc) is 2.34. The van der Waals surface area contributed by atoms with Gasteiger partial charge in [-0.15, -0.1) is 0 Å². The summed E-state index contributed by atoms with van der Waals surface area (Å²) in [5, 5.41) is 0. The average molecular weight is 253 g/mol. The van der Waals surface area contributed by atoms with Crippen LogP contribution in [0.4, 0.5) is 0 Å². The van der Waals surface area contributed by atoms with Crippen molar-refractivity contribution < 1.29 is 0 Å². The number of rotatable bonds is 3. The summed E-state index contributed by atoms with van der Waals surface area (Å²) in [6, 6.07) is 1.15. The lowest BCUT2D eigenvalue weighted by Crippen LogP contribution is -2.52. The lowest BCUT2D eigenvalue weighted by Gasteiger charge is -2.41. The molecule has 18 heavy (non-hydrogen) atoms. The van der Waals surface area contributed by atoms with E-state index in [-0.39, 0.29) is 0 Å². The number of nitrogens with two attached hydrogens (primary N) is 1. The second-order valence-electron chi connectivity index (χ2n) is 6.77. The van der Waals surface area contributed by atoms with Crippen molar-refractivity contribution in [3.05, 3.63) is 0 Å². The number of hydrogen-bond donors (Lipinski definition) is 1. The summed E-state index contributed by atoms with van der Waals surface area (Å²) in [7, 11) is 0. The van der Waals surface area contributed by atoms with Crippen LogP contribution in [0.3, 0.4) is 0 Å². The summed E-state index contributed by atoms with van der Waals surface area (Å²) >= 11 is 0. The van der Waals surface area contributed by atoms with Crippen LogP contribution in [-0.4, -0.2) is 54.6 Å². The van der Waals surface area contributed by atoms with Gasteiger partial charge in [-0.2, -0.15) is 0 Å². The minimum atomic E-state index is 0.448. The third-order valence-corrected chi connectivity index (χ3v) is 4.93. The lowest BCUT2D eigenvalue weighted by atomic mass is 9.79. The van der Waals surface area contributed by atoms with E-state index in [1.807, 2.05) is 0 Å². The molecule has 2 N–H and O–H groups in total. The molecule has 0 aromatic heterocycles. The highest BCUT2D eigenvalue weighted by Crippen LogP contribution is 2.28. The van der Waals surface area contributed by atoms with Crippen LogP contribution in [0.25, 0.3) is 0 Å². The topological polar surface area (TPSA) is 32.5 Å². The Morgan fingerprint density at radius 2 is 1.78 bits per heavy atom. The third-order valence-electron chi connectivity index (χ3n) is 4.93. The minimum Gasteiger partial charge on any atom is -0.327 e. The molecule has 0 aromatic rings.